The van der Waals surface area contributed by atoms with E-state index in [0.29, 0.717) is 0 Å². The molecule has 0 saturated carbocycles. The SMILES string of the molecule is CC(C)C(=O)NN.CC(C)N1C(=O)C=CC1=O.CC(C)ON. The number of nitrogens with zero attached hydrogens (tertiary/aromatic N) is 1. The van der Waals surface area contributed by atoms with Gasteiger partial charge in [-0.2, -0.15) is 0 Å². The summed E-state index contributed by atoms with van der Waals surface area (Å²) in [5, 5.41) is 0. The molecule has 0 bridgehead atoms. The Morgan fingerprint density at radius 2 is 1.45 bits per heavy atom. The molecule has 0 fully saturated rings. The second-order valence-electron chi connectivity index (χ2n) is 5.32. The third-order valence-electron chi connectivity index (χ3n) is 2.30. The number of hydrogen-bond donors (Lipinski definition) is 3. The van der Waals surface area contributed by atoms with Crippen molar-refractivity contribution < 1.29 is 19.2 Å². The zero-order valence-corrected chi connectivity index (χ0v) is 14.1. The van der Waals surface area contributed by atoms with Gasteiger partial charge in [-0.15, -0.1) is 0 Å². The van der Waals surface area contributed by atoms with Crippen molar-refractivity contribution in [2.24, 2.45) is 17.7 Å². The van der Waals surface area contributed by atoms with Crippen LogP contribution in [0.3, 0.4) is 0 Å². The van der Waals surface area contributed by atoms with Gasteiger partial charge >= 0.3 is 0 Å². The summed E-state index contributed by atoms with van der Waals surface area (Å²) >= 11 is 0. The van der Waals surface area contributed by atoms with E-state index in [1.807, 2.05) is 33.1 Å². The monoisotopic (exact) mass is 316 g/mol. The summed E-state index contributed by atoms with van der Waals surface area (Å²) in [5.41, 5.74) is 2.03. The molecule has 1 aliphatic rings. The van der Waals surface area contributed by atoms with Gasteiger partial charge in [0.1, 0.15) is 0 Å². The van der Waals surface area contributed by atoms with Crippen molar-refractivity contribution in [1.29, 1.82) is 0 Å². The van der Waals surface area contributed by atoms with Crippen LogP contribution in [0.5, 0.6) is 0 Å². The Balaban J connectivity index is 0. The lowest BCUT2D eigenvalue weighted by Gasteiger charge is -2.17. The van der Waals surface area contributed by atoms with Crippen molar-refractivity contribution in [1.82, 2.24) is 10.3 Å². The third-order valence-corrected chi connectivity index (χ3v) is 2.30. The molecule has 3 amide bonds. The van der Waals surface area contributed by atoms with Crippen molar-refractivity contribution in [3.8, 4) is 0 Å². The van der Waals surface area contributed by atoms with Crippen LogP contribution in [0.4, 0.5) is 0 Å². The summed E-state index contributed by atoms with van der Waals surface area (Å²) in [6, 6.07) is -0.0324. The summed E-state index contributed by atoms with van der Waals surface area (Å²) in [7, 11) is 0. The van der Waals surface area contributed by atoms with Crippen molar-refractivity contribution in [3.63, 3.8) is 0 Å². The van der Waals surface area contributed by atoms with Gasteiger partial charge in [-0.05, 0) is 27.7 Å². The number of imide groups is 1. The first-order chi connectivity index (χ1) is 10.1. The summed E-state index contributed by atoms with van der Waals surface area (Å²) in [5.74, 6) is 8.89. The number of carbonyl (C=O) groups is 3. The number of nitrogens with one attached hydrogen (secondary N) is 1. The molecule has 5 N–H and O–H groups in total. The molecule has 0 aromatic carbocycles. The molecule has 0 radical (unpaired) electrons. The number of amides is 3. The van der Waals surface area contributed by atoms with E-state index in [2.05, 4.69) is 10.7 Å². The smallest absolute Gasteiger partial charge is 0.253 e. The fraction of sp³-hybridized carbons (Fsp3) is 0.643. The molecule has 8 heteroatoms. The first-order valence-corrected chi connectivity index (χ1v) is 6.99. The molecule has 0 atom stereocenters. The number of nitrogens with two attached hydrogens (primary N) is 2. The van der Waals surface area contributed by atoms with E-state index >= 15 is 0 Å². The van der Waals surface area contributed by atoms with Crippen LogP contribution >= 0.6 is 0 Å². The highest BCUT2D eigenvalue weighted by Gasteiger charge is 2.25. The molecule has 128 valence electrons. The van der Waals surface area contributed by atoms with Crippen LogP contribution in [-0.4, -0.2) is 34.8 Å². The number of rotatable bonds is 3. The lowest BCUT2D eigenvalue weighted by atomic mass is 10.2. The van der Waals surface area contributed by atoms with Crippen LogP contribution in [0.1, 0.15) is 41.5 Å². The second kappa shape index (κ2) is 11.8. The Kier molecular flexibility index (Phi) is 12.1. The van der Waals surface area contributed by atoms with Gasteiger partial charge in [0, 0.05) is 24.1 Å². The van der Waals surface area contributed by atoms with Crippen LogP contribution in [0, 0.1) is 5.92 Å². The molecule has 1 heterocycles. The number of hydrazine groups is 1. The fourth-order valence-electron chi connectivity index (χ4n) is 1.09. The largest absolute Gasteiger partial charge is 0.302 e. The molecule has 0 saturated heterocycles. The summed E-state index contributed by atoms with van der Waals surface area (Å²) in [4.78, 5) is 37.4. The minimum Gasteiger partial charge on any atom is -0.302 e. The molecule has 0 aromatic heterocycles. The summed E-state index contributed by atoms with van der Waals surface area (Å²) in [6.07, 6.45) is 2.75. The predicted molar refractivity (Wildman–Crippen MR) is 83.7 cm³/mol. The standard InChI is InChI=1S/C7H9NO2.C4H10N2O.C3H9NO/c1-5(2)8-6(9)3-4-7(8)10;1-3(2)4(7)6-5;1-3(2)5-4/h3-5H,1-2H3;3H,5H2,1-2H3,(H,6,7);3H,4H2,1-2H3. The molecule has 1 rings (SSSR count). The molecule has 8 nitrogen and oxygen atoms in total. The van der Waals surface area contributed by atoms with Gasteiger partial charge < -0.3 is 4.84 Å². The molecule has 22 heavy (non-hydrogen) atoms. The predicted octanol–water partition coefficient (Wildman–Crippen LogP) is 0.237. The van der Waals surface area contributed by atoms with Gasteiger partial charge in [-0.3, -0.25) is 24.7 Å². The quantitative estimate of drug-likeness (QED) is 0.296. The van der Waals surface area contributed by atoms with Gasteiger partial charge in [0.25, 0.3) is 11.8 Å². The van der Waals surface area contributed by atoms with Crippen LogP contribution in [0.15, 0.2) is 12.2 Å². The molecule has 0 unspecified atom stereocenters. The van der Waals surface area contributed by atoms with Gasteiger partial charge in [0.15, 0.2) is 0 Å². The zero-order chi connectivity index (χ0) is 17.9. The van der Waals surface area contributed by atoms with Crippen LogP contribution < -0.4 is 17.2 Å². The Hall–Kier alpha value is -1.77. The lowest BCUT2D eigenvalue weighted by molar-refractivity contribution is -0.138. The topological polar surface area (TPSA) is 128 Å². The molecule has 0 spiro atoms. The molecule has 0 aromatic rings. The number of hydrogen-bond acceptors (Lipinski definition) is 6. The second-order valence-corrected chi connectivity index (χ2v) is 5.32. The maximum atomic E-state index is 10.8. The van der Waals surface area contributed by atoms with Gasteiger partial charge in [-0.1, -0.05) is 13.8 Å². The van der Waals surface area contributed by atoms with Crippen molar-refractivity contribution in [2.45, 2.75) is 53.7 Å². The zero-order valence-electron chi connectivity index (χ0n) is 14.1. The first kappa shape index (κ1) is 22.5. The third kappa shape index (κ3) is 10.0. The Labute approximate surface area is 131 Å². The molecule has 1 aliphatic heterocycles. The minimum atomic E-state index is -0.208. The first-order valence-electron chi connectivity index (χ1n) is 6.99. The van der Waals surface area contributed by atoms with Crippen molar-refractivity contribution in [3.05, 3.63) is 12.2 Å². The summed E-state index contributed by atoms with van der Waals surface area (Å²) in [6.45, 7) is 10.9. The van der Waals surface area contributed by atoms with Gasteiger partial charge in [0.05, 0.1) is 6.10 Å². The highest BCUT2D eigenvalue weighted by Crippen LogP contribution is 2.07. The van der Waals surface area contributed by atoms with Crippen molar-refractivity contribution in [2.75, 3.05) is 0 Å². The highest BCUT2D eigenvalue weighted by atomic mass is 16.6. The normalized spacial score (nSPS) is 13.1. The average Bonchev–Trinajstić information content (AvgIpc) is 2.78. The van der Waals surface area contributed by atoms with Gasteiger partial charge in [-0.25, -0.2) is 11.7 Å². The maximum Gasteiger partial charge on any atom is 0.253 e. The Morgan fingerprint density at radius 1 is 1.09 bits per heavy atom. The van der Waals surface area contributed by atoms with E-state index in [9.17, 15) is 14.4 Å². The van der Waals surface area contributed by atoms with E-state index in [0.717, 1.165) is 0 Å². The Bertz CT molecular complexity index is 374. The summed E-state index contributed by atoms with van der Waals surface area (Å²) < 4.78 is 0. The van der Waals surface area contributed by atoms with Crippen LogP contribution in [0.2, 0.25) is 0 Å². The average molecular weight is 316 g/mol. The Morgan fingerprint density at radius 3 is 1.55 bits per heavy atom. The molecular weight excluding hydrogens is 288 g/mol. The van der Waals surface area contributed by atoms with Crippen molar-refractivity contribution >= 4 is 17.7 Å². The van der Waals surface area contributed by atoms with E-state index in [1.54, 1.807) is 13.8 Å². The van der Waals surface area contributed by atoms with Crippen LogP contribution in [-0.2, 0) is 19.2 Å². The number of carbonyl (C=O) groups excluding carboxylic acids is 3. The molecule has 0 aliphatic carbocycles. The van der Waals surface area contributed by atoms with E-state index in [1.165, 1.54) is 17.1 Å². The van der Waals surface area contributed by atoms with E-state index in [4.69, 9.17) is 5.84 Å². The van der Waals surface area contributed by atoms with E-state index < -0.39 is 0 Å². The fourth-order valence-corrected chi connectivity index (χ4v) is 1.09. The minimum absolute atomic E-state index is 0.00926. The lowest BCUT2D eigenvalue weighted by Crippen LogP contribution is -2.36. The van der Waals surface area contributed by atoms with Crippen LogP contribution in [0.25, 0.3) is 0 Å². The maximum absolute atomic E-state index is 10.8. The highest BCUT2D eigenvalue weighted by molar-refractivity contribution is 6.13. The molecular formula is C14H28N4O4. The van der Waals surface area contributed by atoms with E-state index in [-0.39, 0.29) is 35.8 Å². The van der Waals surface area contributed by atoms with Gasteiger partial charge in [0.2, 0.25) is 5.91 Å².